The third-order valence-corrected chi connectivity index (χ3v) is 3.80. The molecular formula is C16H26N2O2S. The fourth-order valence-electron chi connectivity index (χ4n) is 1.77. The van der Waals surface area contributed by atoms with Crippen molar-refractivity contribution in [3.05, 3.63) is 29.8 Å². The number of thioether (sulfide) groups is 1. The van der Waals surface area contributed by atoms with Crippen LogP contribution in [0.25, 0.3) is 0 Å². The third-order valence-electron chi connectivity index (χ3n) is 2.78. The maximum atomic E-state index is 11.5. The molecule has 1 aromatic carbocycles. The molecule has 0 aliphatic heterocycles. The lowest BCUT2D eigenvalue weighted by atomic mass is 10.2. The van der Waals surface area contributed by atoms with Gasteiger partial charge in [0.15, 0.2) is 0 Å². The highest BCUT2D eigenvalue weighted by molar-refractivity contribution is 7.99. The smallest absolute Gasteiger partial charge is 0.221 e. The van der Waals surface area contributed by atoms with Gasteiger partial charge in [0, 0.05) is 43.3 Å². The zero-order valence-corrected chi connectivity index (χ0v) is 14.0. The van der Waals surface area contributed by atoms with E-state index in [1.54, 1.807) is 18.9 Å². The van der Waals surface area contributed by atoms with Crippen molar-refractivity contribution in [1.29, 1.82) is 0 Å². The Bertz CT molecular complexity index is 407. The zero-order valence-electron chi connectivity index (χ0n) is 13.1. The van der Waals surface area contributed by atoms with E-state index < -0.39 is 0 Å². The van der Waals surface area contributed by atoms with Crippen LogP contribution in [0, 0.1) is 0 Å². The topological polar surface area (TPSA) is 50.4 Å². The molecule has 0 heterocycles. The average Bonchev–Trinajstić information content (AvgIpc) is 2.44. The van der Waals surface area contributed by atoms with E-state index >= 15 is 0 Å². The van der Waals surface area contributed by atoms with Crippen LogP contribution in [0.15, 0.2) is 29.2 Å². The summed E-state index contributed by atoms with van der Waals surface area (Å²) in [6.07, 6.45) is 0.559. The van der Waals surface area contributed by atoms with Gasteiger partial charge in [0.1, 0.15) is 0 Å². The molecule has 0 bridgehead atoms. The first-order chi connectivity index (χ1) is 10.1. The second-order valence-electron chi connectivity index (χ2n) is 5.13. The standard InChI is InChI=1S/C16H26N2O2S/c1-13(2)18-16(19)8-11-21-15-6-4-14(5-7-15)12-17-9-10-20-3/h4-7,13,17H,8-12H2,1-3H3,(H,18,19). The number of hydrogen-bond donors (Lipinski definition) is 2. The maximum absolute atomic E-state index is 11.5. The fourth-order valence-corrected chi connectivity index (χ4v) is 2.62. The number of amides is 1. The molecule has 0 atom stereocenters. The van der Waals surface area contributed by atoms with Gasteiger partial charge < -0.3 is 15.4 Å². The molecular weight excluding hydrogens is 284 g/mol. The molecule has 0 aromatic heterocycles. The van der Waals surface area contributed by atoms with Crippen molar-refractivity contribution >= 4 is 17.7 Å². The third kappa shape index (κ3) is 8.75. The van der Waals surface area contributed by atoms with Gasteiger partial charge in [-0.05, 0) is 31.5 Å². The summed E-state index contributed by atoms with van der Waals surface area (Å²) in [7, 11) is 1.70. The van der Waals surface area contributed by atoms with Gasteiger partial charge >= 0.3 is 0 Å². The monoisotopic (exact) mass is 310 g/mol. The predicted molar refractivity (Wildman–Crippen MR) is 88.6 cm³/mol. The van der Waals surface area contributed by atoms with E-state index in [0.29, 0.717) is 6.42 Å². The molecule has 0 aliphatic carbocycles. The van der Waals surface area contributed by atoms with E-state index in [4.69, 9.17) is 4.74 Å². The molecule has 0 saturated heterocycles. The van der Waals surface area contributed by atoms with Crippen molar-refractivity contribution in [2.75, 3.05) is 26.0 Å². The zero-order chi connectivity index (χ0) is 15.5. The number of methoxy groups -OCH3 is 1. The van der Waals surface area contributed by atoms with Gasteiger partial charge in [-0.15, -0.1) is 11.8 Å². The van der Waals surface area contributed by atoms with Crippen LogP contribution in [0.4, 0.5) is 0 Å². The lowest BCUT2D eigenvalue weighted by Gasteiger charge is -2.08. The van der Waals surface area contributed by atoms with Crippen molar-refractivity contribution in [1.82, 2.24) is 10.6 Å². The molecule has 5 heteroatoms. The highest BCUT2D eigenvalue weighted by Gasteiger charge is 2.03. The molecule has 2 N–H and O–H groups in total. The van der Waals surface area contributed by atoms with Gasteiger partial charge in [-0.25, -0.2) is 0 Å². The molecule has 118 valence electrons. The largest absolute Gasteiger partial charge is 0.383 e. The van der Waals surface area contributed by atoms with Gasteiger partial charge in [0.25, 0.3) is 0 Å². The summed E-state index contributed by atoms with van der Waals surface area (Å²) in [4.78, 5) is 12.7. The molecule has 21 heavy (non-hydrogen) atoms. The minimum absolute atomic E-state index is 0.122. The van der Waals surface area contributed by atoms with Crippen LogP contribution >= 0.6 is 11.8 Å². The van der Waals surface area contributed by atoms with Gasteiger partial charge in [-0.1, -0.05) is 12.1 Å². The number of nitrogens with one attached hydrogen (secondary N) is 2. The van der Waals surface area contributed by atoms with Crippen molar-refractivity contribution in [3.63, 3.8) is 0 Å². The molecule has 0 unspecified atom stereocenters. The summed E-state index contributed by atoms with van der Waals surface area (Å²) in [5.41, 5.74) is 1.26. The predicted octanol–water partition coefficient (Wildman–Crippen LogP) is 2.43. The molecule has 4 nitrogen and oxygen atoms in total. The Morgan fingerprint density at radius 1 is 1.29 bits per heavy atom. The van der Waals surface area contributed by atoms with Gasteiger partial charge in [0.05, 0.1) is 6.61 Å². The molecule has 0 radical (unpaired) electrons. The summed E-state index contributed by atoms with van der Waals surface area (Å²) in [5.74, 6) is 0.931. The highest BCUT2D eigenvalue weighted by atomic mass is 32.2. The van der Waals surface area contributed by atoms with Crippen LogP contribution < -0.4 is 10.6 Å². The van der Waals surface area contributed by atoms with Crippen molar-refractivity contribution in [2.45, 2.75) is 37.8 Å². The molecule has 0 saturated carbocycles. The Morgan fingerprint density at radius 3 is 2.62 bits per heavy atom. The lowest BCUT2D eigenvalue weighted by molar-refractivity contribution is -0.121. The van der Waals surface area contributed by atoms with Crippen LogP contribution in [0.2, 0.25) is 0 Å². The molecule has 1 rings (SSSR count). The van der Waals surface area contributed by atoms with Crippen LogP contribution in [0.5, 0.6) is 0 Å². The highest BCUT2D eigenvalue weighted by Crippen LogP contribution is 2.19. The van der Waals surface area contributed by atoms with Crippen molar-refractivity contribution in [2.24, 2.45) is 0 Å². The van der Waals surface area contributed by atoms with Crippen LogP contribution in [0.1, 0.15) is 25.8 Å². The first-order valence-corrected chi connectivity index (χ1v) is 8.31. The number of ether oxygens (including phenoxy) is 1. The van der Waals surface area contributed by atoms with Gasteiger partial charge in [0.2, 0.25) is 5.91 Å². The van der Waals surface area contributed by atoms with E-state index in [1.807, 2.05) is 13.8 Å². The quantitative estimate of drug-likeness (QED) is 0.515. The van der Waals surface area contributed by atoms with E-state index in [-0.39, 0.29) is 11.9 Å². The first-order valence-electron chi connectivity index (χ1n) is 7.32. The average molecular weight is 310 g/mol. The fraction of sp³-hybridized carbons (Fsp3) is 0.562. The van der Waals surface area contributed by atoms with Gasteiger partial charge in [-0.2, -0.15) is 0 Å². The molecule has 0 aliphatic rings. The SMILES string of the molecule is COCCNCc1ccc(SCCC(=O)NC(C)C)cc1. The van der Waals surface area contributed by atoms with Crippen LogP contribution in [-0.4, -0.2) is 38.0 Å². The number of rotatable bonds is 10. The number of carbonyl (C=O) groups is 1. The normalized spacial score (nSPS) is 10.9. The Balaban J connectivity index is 2.23. The number of carbonyl (C=O) groups excluding carboxylic acids is 1. The summed E-state index contributed by atoms with van der Waals surface area (Å²) in [6.45, 7) is 6.39. The Morgan fingerprint density at radius 2 is 2.00 bits per heavy atom. The second-order valence-corrected chi connectivity index (χ2v) is 6.30. The first kappa shape index (κ1) is 18.0. The Labute approximate surface area is 132 Å². The van der Waals surface area contributed by atoms with E-state index in [1.165, 1.54) is 10.5 Å². The Kier molecular flexibility index (Phi) is 9.14. The summed E-state index contributed by atoms with van der Waals surface area (Å²) in [5, 5.41) is 6.21. The van der Waals surface area contributed by atoms with E-state index in [9.17, 15) is 4.79 Å². The van der Waals surface area contributed by atoms with E-state index in [2.05, 4.69) is 34.9 Å². The molecule has 1 aromatic rings. The lowest BCUT2D eigenvalue weighted by Crippen LogP contribution is -2.30. The summed E-state index contributed by atoms with van der Waals surface area (Å²) >= 11 is 1.72. The number of hydrogen-bond acceptors (Lipinski definition) is 4. The van der Waals surface area contributed by atoms with Crippen molar-refractivity contribution in [3.8, 4) is 0 Å². The summed E-state index contributed by atoms with van der Waals surface area (Å²) < 4.78 is 4.99. The summed E-state index contributed by atoms with van der Waals surface area (Å²) in [6, 6.07) is 8.68. The Hall–Kier alpha value is -1.04. The maximum Gasteiger partial charge on any atom is 0.221 e. The minimum Gasteiger partial charge on any atom is -0.383 e. The van der Waals surface area contributed by atoms with Crippen LogP contribution in [0.3, 0.4) is 0 Å². The van der Waals surface area contributed by atoms with E-state index in [0.717, 1.165) is 25.4 Å². The number of benzene rings is 1. The van der Waals surface area contributed by atoms with Gasteiger partial charge in [-0.3, -0.25) is 4.79 Å². The van der Waals surface area contributed by atoms with Crippen molar-refractivity contribution < 1.29 is 9.53 Å². The van der Waals surface area contributed by atoms with Crippen LogP contribution in [-0.2, 0) is 16.1 Å². The minimum atomic E-state index is 0.122. The second kappa shape index (κ2) is 10.7. The molecule has 0 spiro atoms. The molecule has 1 amide bonds. The molecule has 0 fully saturated rings.